The largest absolute Gasteiger partial charge is 0.458 e. The van der Waals surface area contributed by atoms with Gasteiger partial charge in [0.2, 0.25) is 0 Å². The Morgan fingerprint density at radius 1 is 1.40 bits per heavy atom. The predicted molar refractivity (Wildman–Crippen MR) is 92.4 cm³/mol. The summed E-state index contributed by atoms with van der Waals surface area (Å²) in [4.78, 5) is 24.0. The number of allylic oxidation sites excluding steroid dienone is 1. The highest BCUT2D eigenvalue weighted by Gasteiger charge is 2.56. The molecule has 0 spiro atoms. The number of carbonyl (C=O) groups is 2. The SMILES string of the molecule is C=C1C(=O)O[C@@H]2C[C@]3(C)C[C@@H](OC(=O)/C(C)=C\C)[C@H](O)C(=C)[C@@H]3C[C@H]12. The van der Waals surface area contributed by atoms with E-state index in [0.717, 1.165) is 0 Å². The molecule has 3 fully saturated rings. The van der Waals surface area contributed by atoms with Crippen molar-refractivity contribution in [3.8, 4) is 0 Å². The highest BCUT2D eigenvalue weighted by Crippen LogP contribution is 2.57. The third-order valence-corrected chi connectivity index (χ3v) is 6.28. The molecule has 0 unspecified atom stereocenters. The Morgan fingerprint density at radius 2 is 2.08 bits per heavy atom. The smallest absolute Gasteiger partial charge is 0.334 e. The Kier molecular flexibility index (Phi) is 4.40. The molecule has 0 radical (unpaired) electrons. The molecule has 0 amide bonds. The summed E-state index contributed by atoms with van der Waals surface area (Å²) < 4.78 is 11.0. The van der Waals surface area contributed by atoms with Crippen LogP contribution in [-0.2, 0) is 19.1 Å². The van der Waals surface area contributed by atoms with Crippen molar-refractivity contribution in [3.05, 3.63) is 36.0 Å². The zero-order valence-electron chi connectivity index (χ0n) is 15.1. The summed E-state index contributed by atoms with van der Waals surface area (Å²) in [5.74, 6) is -0.711. The van der Waals surface area contributed by atoms with Crippen molar-refractivity contribution < 1.29 is 24.2 Å². The highest BCUT2D eigenvalue weighted by atomic mass is 16.6. The van der Waals surface area contributed by atoms with Gasteiger partial charge in [0.15, 0.2) is 0 Å². The minimum Gasteiger partial charge on any atom is -0.458 e. The normalized spacial score (nSPS) is 41.0. The summed E-state index contributed by atoms with van der Waals surface area (Å²) in [7, 11) is 0. The average Bonchev–Trinajstić information content (AvgIpc) is 2.83. The van der Waals surface area contributed by atoms with Gasteiger partial charge in [-0.15, -0.1) is 0 Å². The molecule has 3 aliphatic rings. The number of aliphatic hydroxyl groups is 1. The lowest BCUT2D eigenvalue weighted by Crippen LogP contribution is -2.52. The van der Waals surface area contributed by atoms with Crippen LogP contribution < -0.4 is 0 Å². The summed E-state index contributed by atoms with van der Waals surface area (Å²) in [6, 6.07) is 0. The van der Waals surface area contributed by atoms with Crippen LogP contribution in [-0.4, -0.2) is 35.4 Å². The Morgan fingerprint density at radius 3 is 2.72 bits per heavy atom. The van der Waals surface area contributed by atoms with Gasteiger partial charge in [-0.2, -0.15) is 0 Å². The molecule has 5 heteroatoms. The molecule has 5 nitrogen and oxygen atoms in total. The molecule has 6 atom stereocenters. The molecule has 0 aromatic carbocycles. The Hall–Kier alpha value is -1.88. The van der Waals surface area contributed by atoms with E-state index < -0.39 is 18.2 Å². The zero-order chi connectivity index (χ0) is 18.5. The first-order valence-corrected chi connectivity index (χ1v) is 8.78. The number of ether oxygens (including phenoxy) is 2. The maximum absolute atomic E-state index is 12.1. The van der Waals surface area contributed by atoms with Crippen LogP contribution in [0.5, 0.6) is 0 Å². The van der Waals surface area contributed by atoms with E-state index in [1.807, 2.05) is 0 Å². The van der Waals surface area contributed by atoms with Crippen molar-refractivity contribution in [2.45, 2.75) is 58.3 Å². The summed E-state index contributed by atoms with van der Waals surface area (Å²) >= 11 is 0. The van der Waals surface area contributed by atoms with Crippen LogP contribution in [0, 0.1) is 17.3 Å². The predicted octanol–water partition coefficient (Wildman–Crippen LogP) is 2.70. The Labute approximate surface area is 148 Å². The third-order valence-electron chi connectivity index (χ3n) is 6.28. The van der Waals surface area contributed by atoms with E-state index in [1.165, 1.54) is 0 Å². The molecule has 136 valence electrons. The minimum absolute atomic E-state index is 0.0149. The number of hydrogen-bond acceptors (Lipinski definition) is 5. The van der Waals surface area contributed by atoms with Gasteiger partial charge in [-0.05, 0) is 50.0 Å². The van der Waals surface area contributed by atoms with Crippen molar-refractivity contribution >= 4 is 11.9 Å². The average molecular weight is 346 g/mol. The number of aliphatic hydroxyl groups excluding tert-OH is 1. The first-order valence-electron chi connectivity index (χ1n) is 8.78. The van der Waals surface area contributed by atoms with Gasteiger partial charge in [-0.3, -0.25) is 0 Å². The van der Waals surface area contributed by atoms with Crippen molar-refractivity contribution in [3.63, 3.8) is 0 Å². The number of fused-ring (bicyclic) bond motifs is 2. The summed E-state index contributed by atoms with van der Waals surface area (Å²) in [5, 5.41) is 10.6. The van der Waals surface area contributed by atoms with Gasteiger partial charge in [-0.1, -0.05) is 26.2 Å². The minimum atomic E-state index is -0.894. The quantitative estimate of drug-likeness (QED) is 0.473. The molecule has 1 saturated heterocycles. The Balaban J connectivity index is 1.83. The highest BCUT2D eigenvalue weighted by molar-refractivity contribution is 5.91. The molecule has 1 N–H and O–H groups in total. The molecule has 3 rings (SSSR count). The molecule has 2 saturated carbocycles. The van der Waals surface area contributed by atoms with Gasteiger partial charge in [0.25, 0.3) is 0 Å². The molecule has 1 aliphatic heterocycles. The molecular weight excluding hydrogens is 320 g/mol. The van der Waals surface area contributed by atoms with E-state index in [4.69, 9.17) is 9.47 Å². The van der Waals surface area contributed by atoms with Crippen LogP contribution in [0.2, 0.25) is 0 Å². The summed E-state index contributed by atoms with van der Waals surface area (Å²) in [6.45, 7) is 13.5. The summed E-state index contributed by atoms with van der Waals surface area (Å²) in [5.41, 5.74) is 1.47. The van der Waals surface area contributed by atoms with Crippen LogP contribution in [0.15, 0.2) is 36.0 Å². The second kappa shape index (κ2) is 6.13. The first kappa shape index (κ1) is 17.9. The van der Waals surface area contributed by atoms with Gasteiger partial charge in [0, 0.05) is 17.1 Å². The van der Waals surface area contributed by atoms with E-state index in [9.17, 15) is 14.7 Å². The lowest BCUT2D eigenvalue weighted by atomic mass is 9.54. The van der Waals surface area contributed by atoms with E-state index >= 15 is 0 Å². The maximum atomic E-state index is 12.1. The molecular formula is C20H26O5. The number of hydrogen-bond donors (Lipinski definition) is 1. The van der Waals surface area contributed by atoms with Gasteiger partial charge in [0.1, 0.15) is 18.3 Å². The molecule has 2 aliphatic carbocycles. The molecule has 25 heavy (non-hydrogen) atoms. The third kappa shape index (κ3) is 2.84. The van der Waals surface area contributed by atoms with Crippen molar-refractivity contribution in [2.75, 3.05) is 0 Å². The standard InChI is InChI=1S/C20H26O5/c1-6-10(2)18(22)25-16-9-20(5)8-15-13(11(3)19(23)24-15)7-14(20)12(4)17(16)21/h6,13-17,21H,3-4,7-9H2,1-2,5H3/b10-6-/t13-,14+,15-,16-,17-,20-/m1/s1. The molecule has 1 heterocycles. The maximum Gasteiger partial charge on any atom is 0.334 e. The van der Waals surface area contributed by atoms with Crippen LogP contribution in [0.25, 0.3) is 0 Å². The monoisotopic (exact) mass is 346 g/mol. The second-order valence-corrected chi connectivity index (χ2v) is 7.86. The van der Waals surface area contributed by atoms with E-state index in [1.54, 1.807) is 19.9 Å². The second-order valence-electron chi connectivity index (χ2n) is 7.86. The van der Waals surface area contributed by atoms with E-state index in [-0.39, 0.29) is 29.3 Å². The Bertz CT molecular complexity index is 676. The lowest BCUT2D eigenvalue weighted by Gasteiger charge is -2.52. The number of rotatable bonds is 2. The van der Waals surface area contributed by atoms with Gasteiger partial charge < -0.3 is 14.6 Å². The van der Waals surface area contributed by atoms with Crippen LogP contribution in [0.3, 0.4) is 0 Å². The molecule has 0 aromatic rings. The number of carbonyl (C=O) groups excluding carboxylic acids is 2. The van der Waals surface area contributed by atoms with Crippen molar-refractivity contribution in [2.24, 2.45) is 17.3 Å². The fraction of sp³-hybridized carbons (Fsp3) is 0.600. The van der Waals surface area contributed by atoms with Crippen LogP contribution in [0.1, 0.15) is 40.0 Å². The van der Waals surface area contributed by atoms with Gasteiger partial charge in [-0.25, -0.2) is 9.59 Å². The zero-order valence-corrected chi connectivity index (χ0v) is 15.1. The van der Waals surface area contributed by atoms with Gasteiger partial charge in [0.05, 0.1) is 0 Å². The van der Waals surface area contributed by atoms with Gasteiger partial charge >= 0.3 is 11.9 Å². The van der Waals surface area contributed by atoms with E-state index in [2.05, 4.69) is 20.1 Å². The lowest BCUT2D eigenvalue weighted by molar-refractivity contribution is -0.159. The first-order chi connectivity index (χ1) is 11.7. The molecule has 0 aromatic heterocycles. The topological polar surface area (TPSA) is 72.8 Å². The van der Waals surface area contributed by atoms with Crippen LogP contribution >= 0.6 is 0 Å². The van der Waals surface area contributed by atoms with Crippen molar-refractivity contribution in [1.29, 1.82) is 0 Å². The fourth-order valence-electron chi connectivity index (χ4n) is 4.58. The van der Waals surface area contributed by atoms with E-state index in [0.29, 0.717) is 36.0 Å². The summed E-state index contributed by atoms with van der Waals surface area (Å²) in [6.07, 6.45) is 1.85. The molecule has 0 bridgehead atoms. The van der Waals surface area contributed by atoms with Crippen molar-refractivity contribution in [1.82, 2.24) is 0 Å². The fourth-order valence-corrected chi connectivity index (χ4v) is 4.58. The van der Waals surface area contributed by atoms with Crippen LogP contribution in [0.4, 0.5) is 0 Å². The number of esters is 2.